The SMILES string of the molecule is Fc1ccccc1Cn1cc(NC(=S)NCCc2ccccc2)cn1. The van der Waals surface area contributed by atoms with Crippen molar-refractivity contribution in [2.24, 2.45) is 0 Å². The number of benzene rings is 2. The summed E-state index contributed by atoms with van der Waals surface area (Å²) in [6.45, 7) is 1.13. The van der Waals surface area contributed by atoms with Crippen molar-refractivity contribution >= 4 is 23.0 Å². The summed E-state index contributed by atoms with van der Waals surface area (Å²) >= 11 is 5.29. The van der Waals surface area contributed by atoms with Gasteiger partial charge in [-0.1, -0.05) is 48.5 Å². The molecule has 0 amide bonds. The molecule has 2 aromatic carbocycles. The van der Waals surface area contributed by atoms with E-state index in [1.165, 1.54) is 11.6 Å². The quantitative estimate of drug-likeness (QED) is 0.664. The average molecular weight is 354 g/mol. The van der Waals surface area contributed by atoms with Gasteiger partial charge in [0.05, 0.1) is 18.4 Å². The first-order valence-corrected chi connectivity index (χ1v) is 8.46. The van der Waals surface area contributed by atoms with Crippen LogP contribution in [0, 0.1) is 5.82 Å². The van der Waals surface area contributed by atoms with Crippen LogP contribution in [-0.4, -0.2) is 21.4 Å². The zero-order valence-corrected chi connectivity index (χ0v) is 14.5. The smallest absolute Gasteiger partial charge is 0.170 e. The highest BCUT2D eigenvalue weighted by atomic mass is 32.1. The Morgan fingerprint density at radius 1 is 1.08 bits per heavy atom. The first-order chi connectivity index (χ1) is 12.2. The van der Waals surface area contributed by atoms with E-state index in [-0.39, 0.29) is 5.82 Å². The van der Waals surface area contributed by atoms with E-state index in [0.717, 1.165) is 18.7 Å². The fourth-order valence-electron chi connectivity index (χ4n) is 2.46. The third-order valence-electron chi connectivity index (χ3n) is 3.72. The number of rotatable bonds is 6. The zero-order valence-electron chi connectivity index (χ0n) is 13.7. The summed E-state index contributed by atoms with van der Waals surface area (Å²) in [5.74, 6) is -0.231. The summed E-state index contributed by atoms with van der Waals surface area (Å²) in [5.41, 5.74) is 2.63. The normalized spacial score (nSPS) is 10.4. The third-order valence-corrected chi connectivity index (χ3v) is 3.97. The third kappa shape index (κ3) is 5.12. The van der Waals surface area contributed by atoms with Crippen molar-refractivity contribution < 1.29 is 4.39 Å². The van der Waals surface area contributed by atoms with Crippen LogP contribution in [0.4, 0.5) is 10.1 Å². The molecule has 0 saturated carbocycles. The highest BCUT2D eigenvalue weighted by Gasteiger charge is 2.05. The van der Waals surface area contributed by atoms with Crippen LogP contribution in [0.1, 0.15) is 11.1 Å². The Kier molecular flexibility index (Phi) is 5.74. The minimum atomic E-state index is -0.231. The lowest BCUT2D eigenvalue weighted by Gasteiger charge is -2.09. The predicted molar refractivity (Wildman–Crippen MR) is 102 cm³/mol. The van der Waals surface area contributed by atoms with Crippen molar-refractivity contribution in [3.63, 3.8) is 0 Å². The van der Waals surface area contributed by atoms with E-state index in [1.54, 1.807) is 29.2 Å². The summed E-state index contributed by atoms with van der Waals surface area (Å²) in [7, 11) is 0. The maximum Gasteiger partial charge on any atom is 0.170 e. The van der Waals surface area contributed by atoms with E-state index >= 15 is 0 Å². The molecule has 25 heavy (non-hydrogen) atoms. The van der Waals surface area contributed by atoms with Gasteiger partial charge >= 0.3 is 0 Å². The van der Waals surface area contributed by atoms with Gasteiger partial charge in [-0.05, 0) is 30.3 Å². The Hall–Kier alpha value is -2.73. The van der Waals surface area contributed by atoms with Gasteiger partial charge in [0.15, 0.2) is 5.11 Å². The van der Waals surface area contributed by atoms with E-state index in [4.69, 9.17) is 12.2 Å². The summed E-state index contributed by atoms with van der Waals surface area (Å²) in [6.07, 6.45) is 4.37. The van der Waals surface area contributed by atoms with E-state index in [1.807, 2.05) is 24.3 Å². The lowest BCUT2D eigenvalue weighted by atomic mass is 10.1. The molecule has 1 aromatic heterocycles. The minimum absolute atomic E-state index is 0.231. The van der Waals surface area contributed by atoms with Crippen molar-refractivity contribution in [2.45, 2.75) is 13.0 Å². The number of anilines is 1. The van der Waals surface area contributed by atoms with Gasteiger partial charge in [0, 0.05) is 18.3 Å². The van der Waals surface area contributed by atoms with Crippen molar-refractivity contribution in [1.82, 2.24) is 15.1 Å². The van der Waals surface area contributed by atoms with Crippen LogP contribution in [0.3, 0.4) is 0 Å². The van der Waals surface area contributed by atoms with Crippen LogP contribution < -0.4 is 10.6 Å². The second-order valence-electron chi connectivity index (χ2n) is 5.63. The van der Waals surface area contributed by atoms with Crippen molar-refractivity contribution in [3.8, 4) is 0 Å². The molecule has 0 aliphatic carbocycles. The van der Waals surface area contributed by atoms with Crippen molar-refractivity contribution in [1.29, 1.82) is 0 Å². The number of hydrogen-bond acceptors (Lipinski definition) is 2. The molecule has 0 aliphatic rings. The van der Waals surface area contributed by atoms with Gasteiger partial charge in [-0.3, -0.25) is 4.68 Å². The summed E-state index contributed by atoms with van der Waals surface area (Å²) in [5, 5.41) is 11.0. The molecule has 3 aromatic rings. The summed E-state index contributed by atoms with van der Waals surface area (Å²) in [4.78, 5) is 0. The Balaban J connectivity index is 1.47. The fraction of sp³-hybridized carbons (Fsp3) is 0.158. The fourth-order valence-corrected chi connectivity index (χ4v) is 2.68. The molecule has 0 saturated heterocycles. The number of nitrogens with one attached hydrogen (secondary N) is 2. The van der Waals surface area contributed by atoms with Crippen LogP contribution in [-0.2, 0) is 13.0 Å². The molecule has 0 fully saturated rings. The topological polar surface area (TPSA) is 41.9 Å². The molecular formula is C19H19FN4S. The number of thiocarbonyl (C=S) groups is 1. The highest BCUT2D eigenvalue weighted by Crippen LogP contribution is 2.11. The molecule has 0 atom stereocenters. The van der Waals surface area contributed by atoms with E-state index in [9.17, 15) is 4.39 Å². The lowest BCUT2D eigenvalue weighted by molar-refractivity contribution is 0.585. The molecule has 128 valence electrons. The average Bonchev–Trinajstić information content (AvgIpc) is 3.05. The van der Waals surface area contributed by atoms with Gasteiger partial charge in [0.1, 0.15) is 5.82 Å². The van der Waals surface area contributed by atoms with Gasteiger partial charge in [-0.25, -0.2) is 4.39 Å². The maximum atomic E-state index is 13.7. The van der Waals surface area contributed by atoms with Gasteiger partial charge in [-0.2, -0.15) is 5.10 Å². The largest absolute Gasteiger partial charge is 0.362 e. The molecular weight excluding hydrogens is 335 g/mol. The standard InChI is InChI=1S/C19H19FN4S/c20-18-9-5-4-8-16(18)13-24-14-17(12-22-24)23-19(25)21-11-10-15-6-2-1-3-7-15/h1-9,12,14H,10-11,13H2,(H2,21,23,25). The molecule has 3 rings (SSSR count). The number of nitrogens with zero attached hydrogens (tertiary/aromatic N) is 2. The maximum absolute atomic E-state index is 13.7. The monoisotopic (exact) mass is 354 g/mol. The van der Waals surface area contributed by atoms with Gasteiger partial charge < -0.3 is 10.6 Å². The Labute approximate surface area is 151 Å². The molecule has 0 bridgehead atoms. The second-order valence-corrected chi connectivity index (χ2v) is 6.04. The molecule has 0 spiro atoms. The molecule has 6 heteroatoms. The molecule has 2 N–H and O–H groups in total. The number of hydrogen-bond donors (Lipinski definition) is 2. The predicted octanol–water partition coefficient (Wildman–Crippen LogP) is 3.60. The Bertz CT molecular complexity index is 832. The van der Waals surface area contributed by atoms with Crippen molar-refractivity contribution in [3.05, 3.63) is 83.9 Å². The summed E-state index contributed by atoms with van der Waals surface area (Å²) < 4.78 is 15.4. The second kappa shape index (κ2) is 8.39. The number of halogens is 1. The molecule has 1 heterocycles. The van der Waals surface area contributed by atoms with Gasteiger partial charge in [0.2, 0.25) is 0 Å². The molecule has 4 nitrogen and oxygen atoms in total. The van der Waals surface area contributed by atoms with E-state index in [0.29, 0.717) is 17.2 Å². The Morgan fingerprint density at radius 3 is 2.64 bits per heavy atom. The van der Waals surface area contributed by atoms with Crippen LogP contribution >= 0.6 is 12.2 Å². The zero-order chi connectivity index (χ0) is 17.5. The van der Waals surface area contributed by atoms with E-state index < -0.39 is 0 Å². The number of aromatic nitrogens is 2. The van der Waals surface area contributed by atoms with Crippen LogP contribution in [0.2, 0.25) is 0 Å². The molecule has 0 unspecified atom stereocenters. The minimum Gasteiger partial charge on any atom is -0.362 e. The Morgan fingerprint density at radius 2 is 1.84 bits per heavy atom. The van der Waals surface area contributed by atoms with Crippen molar-refractivity contribution in [2.75, 3.05) is 11.9 Å². The first kappa shape index (κ1) is 17.1. The van der Waals surface area contributed by atoms with Crippen LogP contribution in [0.15, 0.2) is 67.0 Å². The van der Waals surface area contributed by atoms with E-state index in [2.05, 4.69) is 27.9 Å². The van der Waals surface area contributed by atoms with Gasteiger partial charge in [-0.15, -0.1) is 0 Å². The van der Waals surface area contributed by atoms with Gasteiger partial charge in [0.25, 0.3) is 0 Å². The molecule has 0 radical (unpaired) electrons. The molecule has 0 aliphatic heterocycles. The lowest BCUT2D eigenvalue weighted by Crippen LogP contribution is -2.30. The van der Waals surface area contributed by atoms with Crippen LogP contribution in [0.25, 0.3) is 0 Å². The van der Waals surface area contributed by atoms with Crippen LogP contribution in [0.5, 0.6) is 0 Å². The first-order valence-electron chi connectivity index (χ1n) is 8.05. The highest BCUT2D eigenvalue weighted by molar-refractivity contribution is 7.80. The summed E-state index contributed by atoms with van der Waals surface area (Å²) in [6, 6.07) is 16.9.